The molecule has 0 bridgehead atoms. The van der Waals surface area contributed by atoms with E-state index >= 15 is 0 Å². The normalized spacial score (nSPS) is 17.1. The smallest absolute Gasteiger partial charge is 0.310 e. The molecule has 1 aliphatic rings. The summed E-state index contributed by atoms with van der Waals surface area (Å²) >= 11 is 0. The van der Waals surface area contributed by atoms with Crippen molar-refractivity contribution in [2.24, 2.45) is 5.92 Å². The molecule has 0 spiro atoms. The number of benzene rings is 1. The lowest BCUT2D eigenvalue weighted by Crippen LogP contribution is -2.44. The number of carbonyl (C=O) groups is 2. The molecule has 1 fully saturated rings. The van der Waals surface area contributed by atoms with Crippen LogP contribution in [0.5, 0.6) is 0 Å². The van der Waals surface area contributed by atoms with E-state index in [0.29, 0.717) is 0 Å². The summed E-state index contributed by atoms with van der Waals surface area (Å²) in [6, 6.07) is 3.17. The minimum Gasteiger partial charge on any atom is -0.469 e. The molecule has 1 saturated carbocycles. The van der Waals surface area contributed by atoms with Gasteiger partial charge < -0.3 is 9.64 Å². The molecule has 2 rings (SSSR count). The van der Waals surface area contributed by atoms with Gasteiger partial charge in [-0.05, 0) is 31.0 Å². The highest BCUT2D eigenvalue weighted by atomic mass is 19.2. The molecule has 1 aliphatic carbocycles. The van der Waals surface area contributed by atoms with Crippen LogP contribution in [0.25, 0.3) is 0 Å². The van der Waals surface area contributed by atoms with E-state index in [0.717, 1.165) is 50.7 Å². The van der Waals surface area contributed by atoms with Crippen molar-refractivity contribution in [2.75, 3.05) is 13.7 Å². The molecule has 1 unspecified atom stereocenters. The van der Waals surface area contributed by atoms with E-state index in [2.05, 4.69) is 0 Å². The van der Waals surface area contributed by atoms with E-state index in [1.165, 1.54) is 19.6 Å². The zero-order valence-corrected chi connectivity index (χ0v) is 15.5. The van der Waals surface area contributed by atoms with Crippen LogP contribution in [-0.2, 0) is 9.53 Å². The Morgan fingerprint density at radius 1 is 1.12 bits per heavy atom. The maximum absolute atomic E-state index is 13.6. The highest BCUT2D eigenvalue weighted by Gasteiger charge is 2.29. The fourth-order valence-corrected chi connectivity index (χ4v) is 3.51. The Morgan fingerprint density at radius 2 is 1.73 bits per heavy atom. The number of nitrogens with zero attached hydrogens (tertiary/aromatic N) is 1. The molecule has 0 aromatic heterocycles. The molecule has 26 heavy (non-hydrogen) atoms. The monoisotopic (exact) mass is 367 g/mol. The number of rotatable bonds is 5. The fraction of sp³-hybridized carbons (Fsp3) is 0.600. The van der Waals surface area contributed by atoms with E-state index in [-0.39, 0.29) is 30.0 Å². The maximum atomic E-state index is 13.6. The van der Waals surface area contributed by atoms with Crippen LogP contribution in [0.3, 0.4) is 0 Å². The first-order valence-corrected chi connectivity index (χ1v) is 9.28. The van der Waals surface area contributed by atoms with Crippen LogP contribution in [-0.4, -0.2) is 36.5 Å². The lowest BCUT2D eigenvalue weighted by Gasteiger charge is -2.34. The van der Waals surface area contributed by atoms with Gasteiger partial charge in [-0.2, -0.15) is 0 Å². The quantitative estimate of drug-likeness (QED) is 0.728. The molecule has 1 atom stereocenters. The SMILES string of the molecule is COC(=O)C(C)CN(C(=O)c1ccc(F)c(F)c1)C1CCCCCCC1. The molecule has 0 radical (unpaired) electrons. The van der Waals surface area contributed by atoms with Crippen molar-refractivity contribution in [2.45, 2.75) is 57.9 Å². The summed E-state index contributed by atoms with van der Waals surface area (Å²) < 4.78 is 31.6. The molecule has 0 N–H and O–H groups in total. The van der Waals surface area contributed by atoms with Gasteiger partial charge in [-0.3, -0.25) is 9.59 Å². The summed E-state index contributed by atoms with van der Waals surface area (Å²) in [6.45, 7) is 1.91. The largest absolute Gasteiger partial charge is 0.469 e. The Labute approximate surface area is 153 Å². The fourth-order valence-electron chi connectivity index (χ4n) is 3.51. The van der Waals surface area contributed by atoms with E-state index in [9.17, 15) is 18.4 Å². The molecule has 1 amide bonds. The highest BCUT2D eigenvalue weighted by molar-refractivity contribution is 5.94. The number of amides is 1. The molecule has 6 heteroatoms. The van der Waals surface area contributed by atoms with Crippen LogP contribution >= 0.6 is 0 Å². The molecule has 4 nitrogen and oxygen atoms in total. The van der Waals surface area contributed by atoms with Gasteiger partial charge in [0, 0.05) is 18.2 Å². The van der Waals surface area contributed by atoms with Gasteiger partial charge in [0.2, 0.25) is 0 Å². The molecular weight excluding hydrogens is 340 g/mol. The van der Waals surface area contributed by atoms with Crippen LogP contribution in [0, 0.1) is 17.6 Å². The van der Waals surface area contributed by atoms with Crippen LogP contribution < -0.4 is 0 Å². The third-order valence-corrected chi connectivity index (χ3v) is 5.02. The average Bonchev–Trinajstić information content (AvgIpc) is 2.60. The topological polar surface area (TPSA) is 46.6 Å². The van der Waals surface area contributed by atoms with Crippen molar-refractivity contribution in [3.05, 3.63) is 35.4 Å². The Morgan fingerprint density at radius 3 is 2.31 bits per heavy atom. The Hall–Kier alpha value is -1.98. The van der Waals surface area contributed by atoms with Crippen molar-refractivity contribution >= 4 is 11.9 Å². The first-order chi connectivity index (χ1) is 12.4. The summed E-state index contributed by atoms with van der Waals surface area (Å²) in [6.07, 6.45) is 7.17. The van der Waals surface area contributed by atoms with E-state index < -0.39 is 17.6 Å². The van der Waals surface area contributed by atoms with Gasteiger partial charge in [-0.15, -0.1) is 0 Å². The molecule has 0 aliphatic heterocycles. The van der Waals surface area contributed by atoms with Crippen molar-refractivity contribution in [1.82, 2.24) is 4.90 Å². The minimum atomic E-state index is -1.05. The number of halogens is 2. The Kier molecular flexibility index (Phi) is 7.54. The maximum Gasteiger partial charge on any atom is 0.310 e. The number of hydrogen-bond donors (Lipinski definition) is 0. The zero-order chi connectivity index (χ0) is 19.1. The number of ether oxygens (including phenoxy) is 1. The van der Waals surface area contributed by atoms with Gasteiger partial charge in [0.15, 0.2) is 11.6 Å². The summed E-state index contributed by atoms with van der Waals surface area (Å²) in [5.41, 5.74) is 0.100. The van der Waals surface area contributed by atoms with Crippen LogP contribution in [0.15, 0.2) is 18.2 Å². The second-order valence-electron chi connectivity index (χ2n) is 7.01. The summed E-state index contributed by atoms with van der Waals surface area (Å²) in [5, 5.41) is 0. The van der Waals surface area contributed by atoms with E-state index in [1.807, 2.05) is 0 Å². The van der Waals surface area contributed by atoms with Crippen molar-refractivity contribution < 1.29 is 23.1 Å². The third kappa shape index (κ3) is 5.26. The molecule has 0 heterocycles. The van der Waals surface area contributed by atoms with Gasteiger partial charge in [0.1, 0.15) is 0 Å². The molecule has 1 aromatic rings. The molecule has 0 saturated heterocycles. The summed E-state index contributed by atoms with van der Waals surface area (Å²) in [7, 11) is 1.32. The van der Waals surface area contributed by atoms with Gasteiger partial charge in [-0.1, -0.05) is 39.0 Å². The van der Waals surface area contributed by atoms with Crippen LogP contribution in [0.2, 0.25) is 0 Å². The first-order valence-electron chi connectivity index (χ1n) is 9.28. The van der Waals surface area contributed by atoms with Crippen molar-refractivity contribution in [3.8, 4) is 0 Å². The molecule has 144 valence electrons. The van der Waals surface area contributed by atoms with Gasteiger partial charge in [-0.25, -0.2) is 8.78 Å². The Balaban J connectivity index is 2.26. The third-order valence-electron chi connectivity index (χ3n) is 5.02. The van der Waals surface area contributed by atoms with Crippen molar-refractivity contribution in [3.63, 3.8) is 0 Å². The number of hydrogen-bond acceptors (Lipinski definition) is 3. The van der Waals surface area contributed by atoms with Crippen molar-refractivity contribution in [1.29, 1.82) is 0 Å². The predicted molar refractivity (Wildman–Crippen MR) is 94.7 cm³/mol. The predicted octanol–water partition coefficient (Wildman–Crippen LogP) is 4.33. The molecular formula is C20H27F2NO3. The lowest BCUT2D eigenvalue weighted by molar-refractivity contribution is -0.145. The second kappa shape index (κ2) is 9.64. The number of esters is 1. The minimum absolute atomic E-state index is 0.0111. The average molecular weight is 367 g/mol. The van der Waals surface area contributed by atoms with E-state index in [4.69, 9.17) is 4.74 Å². The van der Waals surface area contributed by atoms with E-state index in [1.54, 1.807) is 11.8 Å². The zero-order valence-electron chi connectivity index (χ0n) is 15.5. The standard InChI is InChI=1S/C20H27F2NO3/c1-14(20(25)26-2)13-23(16-8-6-4-3-5-7-9-16)19(24)15-10-11-17(21)18(22)12-15/h10-12,14,16H,3-9,13H2,1-2H3. The lowest BCUT2D eigenvalue weighted by atomic mass is 9.94. The van der Waals surface area contributed by atoms with Crippen LogP contribution in [0.4, 0.5) is 8.78 Å². The van der Waals surface area contributed by atoms with Gasteiger partial charge >= 0.3 is 5.97 Å². The summed E-state index contributed by atoms with van der Waals surface area (Å²) in [4.78, 5) is 26.5. The second-order valence-corrected chi connectivity index (χ2v) is 7.01. The Bertz CT molecular complexity index is 627. The highest BCUT2D eigenvalue weighted by Crippen LogP contribution is 2.24. The summed E-state index contributed by atoms with van der Waals surface area (Å²) in [5.74, 6) is -3.28. The molecule has 1 aromatic carbocycles. The number of carbonyl (C=O) groups excluding carboxylic acids is 2. The van der Waals surface area contributed by atoms with Crippen LogP contribution in [0.1, 0.15) is 62.2 Å². The van der Waals surface area contributed by atoms with Gasteiger partial charge in [0.05, 0.1) is 13.0 Å². The number of methoxy groups -OCH3 is 1. The van der Waals surface area contributed by atoms with Gasteiger partial charge in [0.25, 0.3) is 5.91 Å². The first kappa shape index (κ1) is 20.3.